The quantitative estimate of drug-likeness (QED) is 0.0743. The summed E-state index contributed by atoms with van der Waals surface area (Å²) in [4.78, 5) is 55.5. The van der Waals surface area contributed by atoms with E-state index in [1.54, 1.807) is 88.1 Å². The summed E-state index contributed by atoms with van der Waals surface area (Å²) in [7, 11) is 4.80. The van der Waals surface area contributed by atoms with Gasteiger partial charge < -0.3 is 34.6 Å². The van der Waals surface area contributed by atoms with E-state index in [1.807, 2.05) is 251 Å². The van der Waals surface area contributed by atoms with Crippen LogP contribution in [0.2, 0.25) is 0 Å². The molecular weight excluding hydrogens is 1360 g/mol. The second-order valence-electron chi connectivity index (χ2n) is 24.8. The van der Waals surface area contributed by atoms with Crippen LogP contribution in [0.1, 0.15) is 16.7 Å². The van der Waals surface area contributed by atoms with Gasteiger partial charge in [-0.15, -0.1) is 0 Å². The zero-order chi connectivity index (χ0) is 75.6. The van der Waals surface area contributed by atoms with Gasteiger partial charge >= 0.3 is 0 Å². The lowest BCUT2D eigenvalue weighted by atomic mass is 10.1. The molecule has 0 atom stereocenters. The monoisotopic (exact) mass is 1430 g/mol. The Labute approximate surface area is 630 Å². The maximum absolute atomic E-state index is 10.5. The first-order chi connectivity index (χ1) is 53.2. The summed E-state index contributed by atoms with van der Waals surface area (Å²) in [6, 6.07) is 94.5. The van der Waals surface area contributed by atoms with Gasteiger partial charge in [0, 0.05) is 50.6 Å². The van der Waals surface area contributed by atoms with E-state index < -0.39 is 0 Å². The molecule has 109 heavy (non-hydrogen) atoms. The molecule has 12 aromatic carbocycles. The van der Waals surface area contributed by atoms with Gasteiger partial charge in [0.2, 0.25) is 0 Å². The second-order valence-corrected chi connectivity index (χ2v) is 24.8. The predicted molar refractivity (Wildman–Crippen MR) is 425 cm³/mol. The summed E-state index contributed by atoms with van der Waals surface area (Å²) in [5.41, 5.74) is 12.7. The van der Waals surface area contributed by atoms with Gasteiger partial charge in [-0.05, 0) is 123 Å². The molecule has 4 heterocycles. The Morgan fingerprint density at radius 1 is 0.193 bits per heavy atom. The molecule has 0 spiro atoms. The van der Waals surface area contributed by atoms with Crippen LogP contribution in [0.4, 0.5) is 0 Å². The van der Waals surface area contributed by atoms with Gasteiger partial charge in [0.25, 0.3) is 0 Å². The van der Waals surface area contributed by atoms with Crippen LogP contribution in [-0.4, -0.2) is 102 Å². The zero-order valence-electron chi connectivity index (χ0n) is 60.2. The van der Waals surface area contributed by atoms with Crippen LogP contribution in [0.5, 0.6) is 40.2 Å². The number of phenolic OH excluding ortho intramolecular Hbond substituents is 4. The molecule has 0 bridgehead atoms. The first-order valence-corrected chi connectivity index (χ1v) is 34.7. The van der Waals surface area contributed by atoms with Crippen molar-refractivity contribution in [2.45, 2.75) is 20.8 Å². The fraction of sp³-hybridized carbons (Fsp3) is 0.0667. The lowest BCUT2D eigenvalue weighted by molar-refractivity contribution is 0.408. The average molecular weight is 1430 g/mol. The van der Waals surface area contributed by atoms with Gasteiger partial charge in [-0.3, -0.25) is 0 Å². The molecule has 0 aliphatic rings. The summed E-state index contributed by atoms with van der Waals surface area (Å²) >= 11 is 0. The van der Waals surface area contributed by atoms with Crippen LogP contribution in [0.3, 0.4) is 0 Å². The Balaban J connectivity index is 0.000000128. The molecule has 0 radical (unpaired) electrons. The van der Waals surface area contributed by atoms with Crippen molar-refractivity contribution in [1.82, 2.24) is 59.8 Å². The minimum atomic E-state index is 0.0373. The number of hydrogen-bond acceptors (Lipinski definition) is 19. The molecular formula is C90H72N12O7. The van der Waals surface area contributed by atoms with E-state index in [4.69, 9.17) is 14.2 Å². The van der Waals surface area contributed by atoms with Gasteiger partial charge in [-0.2, -0.15) is 0 Å². The molecule has 0 fully saturated rings. The molecule has 4 N–H and O–H groups in total. The highest BCUT2D eigenvalue weighted by Gasteiger charge is 2.20. The molecule has 0 saturated carbocycles. The SMILES string of the molecule is COc1ccc(-c2nc(-c3ccc(C)cc3)nc(-c3ccccc3O)n2)cc1.COc1ccc(-c2nc(-c3ccccc3)nc(-c3ccc(OC)cc3O)n2)cc1.Cc1ccc(-c2nc(-c3ccccc3)nc(-c3ccccc3O)n2)cc1.Cc1ccccc1-c1nc(-c2ccccc2)nc(-c2ccccc2O)n1. The number of methoxy groups -OCH3 is 3. The molecule has 4 aromatic heterocycles. The Morgan fingerprint density at radius 2 is 0.413 bits per heavy atom. The third-order valence-corrected chi connectivity index (χ3v) is 17.2. The van der Waals surface area contributed by atoms with Crippen LogP contribution in [0.25, 0.3) is 137 Å². The van der Waals surface area contributed by atoms with Gasteiger partial charge in [-0.1, -0.05) is 211 Å². The van der Waals surface area contributed by atoms with Crippen molar-refractivity contribution in [2.75, 3.05) is 21.3 Å². The highest BCUT2D eigenvalue weighted by molar-refractivity contribution is 5.75. The minimum Gasteiger partial charge on any atom is -0.507 e. The van der Waals surface area contributed by atoms with E-state index in [-0.39, 0.29) is 23.0 Å². The van der Waals surface area contributed by atoms with Crippen molar-refractivity contribution in [1.29, 1.82) is 0 Å². The number of benzene rings is 12. The summed E-state index contributed by atoms with van der Waals surface area (Å²) in [6.45, 7) is 6.11. The summed E-state index contributed by atoms with van der Waals surface area (Å²) < 4.78 is 15.6. The number of nitrogens with zero attached hydrogens (tertiary/aromatic N) is 12. The van der Waals surface area contributed by atoms with Gasteiger partial charge in [-0.25, -0.2) is 59.8 Å². The van der Waals surface area contributed by atoms with Crippen LogP contribution in [0, 0.1) is 20.8 Å². The standard InChI is InChI=1S/C23H19N3O3.C23H19N3O2.2C22H17N3O/c1-28-17-10-8-16(9-11-17)22-24-21(15-6-4-3-5-7-15)25-23(26-22)19-13-12-18(29-2)14-20(19)27;1-15-7-9-16(10-8-15)21-24-22(17-11-13-18(28-2)14-12-17)26-23(25-21)19-5-3-4-6-20(19)27;1-15-9-5-6-12-17(15)21-23-20(16-10-3-2-4-11-16)24-22(25-21)18-13-7-8-14-19(18)26;1-15-11-13-17(14-12-15)21-23-20(16-7-3-2-4-8-16)24-22(25-21)18-9-5-6-10-19(18)26/h3-14,27H,1-2H3;3-14,27H,1-2H3;2*2-14,26H,1H3. The van der Waals surface area contributed by atoms with Crippen molar-refractivity contribution in [3.8, 4) is 177 Å². The Morgan fingerprint density at radius 3 is 0.697 bits per heavy atom. The molecule has 0 aliphatic heterocycles. The fourth-order valence-corrected chi connectivity index (χ4v) is 11.3. The molecule has 0 saturated heterocycles. The number of aromatic hydroxyl groups is 4. The molecule has 0 amide bonds. The van der Waals surface area contributed by atoms with Crippen molar-refractivity contribution in [3.05, 3.63) is 320 Å². The van der Waals surface area contributed by atoms with Crippen molar-refractivity contribution in [3.63, 3.8) is 0 Å². The first-order valence-electron chi connectivity index (χ1n) is 34.7. The first kappa shape index (κ1) is 72.6. The highest BCUT2D eigenvalue weighted by atomic mass is 16.5. The number of aryl methyl sites for hydroxylation is 3. The van der Waals surface area contributed by atoms with E-state index in [2.05, 4.69) is 59.8 Å². The van der Waals surface area contributed by atoms with Crippen molar-refractivity contribution in [2.24, 2.45) is 0 Å². The van der Waals surface area contributed by atoms with E-state index >= 15 is 0 Å². The van der Waals surface area contributed by atoms with E-state index in [9.17, 15) is 20.4 Å². The minimum absolute atomic E-state index is 0.0373. The lowest BCUT2D eigenvalue weighted by Crippen LogP contribution is -2.01. The molecule has 16 rings (SSSR count). The Kier molecular flexibility index (Phi) is 22.8. The fourth-order valence-electron chi connectivity index (χ4n) is 11.3. The maximum atomic E-state index is 10.5. The second kappa shape index (κ2) is 34.3. The highest BCUT2D eigenvalue weighted by Crippen LogP contribution is 2.37. The molecule has 19 heteroatoms. The number of rotatable bonds is 15. The molecule has 19 nitrogen and oxygen atoms in total. The zero-order valence-corrected chi connectivity index (χ0v) is 60.2. The summed E-state index contributed by atoms with van der Waals surface area (Å²) in [5, 5.41) is 41.2. The third kappa shape index (κ3) is 17.9. The Hall–Kier alpha value is -14.7. The summed E-state index contributed by atoms with van der Waals surface area (Å²) in [6.07, 6.45) is 0. The smallest absolute Gasteiger partial charge is 0.167 e. The van der Waals surface area contributed by atoms with Crippen LogP contribution < -0.4 is 14.2 Å². The topological polar surface area (TPSA) is 263 Å². The summed E-state index contributed by atoms with van der Waals surface area (Å²) in [5.74, 6) is 8.69. The van der Waals surface area contributed by atoms with Crippen LogP contribution in [-0.2, 0) is 0 Å². The Bertz CT molecular complexity index is 5710. The molecule has 534 valence electrons. The molecule has 0 unspecified atom stereocenters. The predicted octanol–water partition coefficient (Wildman–Crippen LogP) is 19.3. The number of aromatic nitrogens is 12. The van der Waals surface area contributed by atoms with Gasteiger partial charge in [0.1, 0.15) is 40.2 Å². The van der Waals surface area contributed by atoms with E-state index in [0.29, 0.717) is 97.9 Å². The van der Waals surface area contributed by atoms with E-state index in [1.165, 1.54) is 11.6 Å². The molecule has 0 aliphatic carbocycles. The lowest BCUT2D eigenvalue weighted by Gasteiger charge is -2.10. The maximum Gasteiger partial charge on any atom is 0.167 e. The van der Waals surface area contributed by atoms with Crippen molar-refractivity contribution >= 4 is 0 Å². The van der Waals surface area contributed by atoms with Crippen LogP contribution in [0.15, 0.2) is 303 Å². The normalized spacial score (nSPS) is 10.6. The number of phenols is 4. The van der Waals surface area contributed by atoms with Gasteiger partial charge in [0.15, 0.2) is 69.9 Å². The number of para-hydroxylation sites is 3. The third-order valence-electron chi connectivity index (χ3n) is 17.2. The van der Waals surface area contributed by atoms with Crippen molar-refractivity contribution < 1.29 is 34.6 Å². The van der Waals surface area contributed by atoms with E-state index in [0.717, 1.165) is 67.1 Å². The number of hydrogen-bond donors (Lipinski definition) is 4. The molecule has 16 aromatic rings. The number of ether oxygens (including phenoxy) is 3. The largest absolute Gasteiger partial charge is 0.507 e. The van der Waals surface area contributed by atoms with Gasteiger partial charge in [0.05, 0.1) is 43.6 Å². The average Bonchev–Trinajstić information content (AvgIpc) is 0.808. The van der Waals surface area contributed by atoms with Crippen LogP contribution >= 0.6 is 0 Å².